The van der Waals surface area contributed by atoms with E-state index in [9.17, 15) is 16.8 Å². The zero-order valence-corrected chi connectivity index (χ0v) is 13.8. The van der Waals surface area contributed by atoms with E-state index in [4.69, 9.17) is 5.14 Å². The third-order valence-corrected chi connectivity index (χ3v) is 7.31. The smallest absolute Gasteiger partial charge is 0.244 e. The molecule has 0 amide bonds. The molecule has 4 rings (SSSR count). The van der Waals surface area contributed by atoms with Crippen LogP contribution in [-0.2, 0) is 20.0 Å². The number of benzene rings is 1. The second-order valence-electron chi connectivity index (χ2n) is 6.39. The van der Waals surface area contributed by atoms with Gasteiger partial charge in [-0.15, -0.1) is 0 Å². The van der Waals surface area contributed by atoms with E-state index in [1.165, 1.54) is 12.1 Å². The minimum absolute atomic E-state index is 0.0843. The number of hydrogen-bond acceptors (Lipinski definition) is 5. The quantitative estimate of drug-likeness (QED) is 0.671. The molecule has 1 aromatic rings. The molecule has 1 aliphatic heterocycles. The van der Waals surface area contributed by atoms with Gasteiger partial charge in [0.25, 0.3) is 0 Å². The molecule has 23 heavy (non-hydrogen) atoms. The van der Waals surface area contributed by atoms with Crippen LogP contribution in [0.1, 0.15) is 12.8 Å². The summed E-state index contributed by atoms with van der Waals surface area (Å²) in [6.45, 7) is 0. The zero-order chi connectivity index (χ0) is 16.4. The molecule has 1 aromatic carbocycles. The SMILES string of the molecule is NS(=O)(=O)c1ccc2c(c1)S(=O)(=O)NC(C1CC3C=CC1C3)N2. The Balaban J connectivity index is 1.72. The molecule has 3 aliphatic rings. The number of nitrogens with one attached hydrogen (secondary N) is 2. The number of fused-ring (bicyclic) bond motifs is 3. The standard InChI is InChI=1S/C14H17N3O4S2/c15-22(18,19)10-3-4-12-13(7-10)23(20,21)17-14(16-12)11-6-8-1-2-9(11)5-8/h1-4,7-9,11,14,16-17H,5-6H2,(H2,15,18,19). The minimum atomic E-state index is -3.95. The van der Waals surface area contributed by atoms with Gasteiger partial charge in [-0.1, -0.05) is 12.2 Å². The molecule has 4 N–H and O–H groups in total. The fraction of sp³-hybridized carbons (Fsp3) is 0.429. The van der Waals surface area contributed by atoms with Gasteiger partial charge in [-0.2, -0.15) is 4.72 Å². The average molecular weight is 355 g/mol. The van der Waals surface area contributed by atoms with Crippen molar-refractivity contribution in [3.63, 3.8) is 0 Å². The Morgan fingerprint density at radius 3 is 2.57 bits per heavy atom. The highest BCUT2D eigenvalue weighted by molar-refractivity contribution is 7.90. The van der Waals surface area contributed by atoms with Crippen LogP contribution in [0.5, 0.6) is 0 Å². The fourth-order valence-corrected chi connectivity index (χ4v) is 5.86. The predicted octanol–water partition coefficient (Wildman–Crippen LogP) is 0.576. The van der Waals surface area contributed by atoms with Crippen LogP contribution >= 0.6 is 0 Å². The summed E-state index contributed by atoms with van der Waals surface area (Å²) in [6, 6.07) is 3.88. The van der Waals surface area contributed by atoms with Gasteiger partial charge < -0.3 is 5.32 Å². The molecule has 2 bridgehead atoms. The van der Waals surface area contributed by atoms with Crippen molar-refractivity contribution in [3.8, 4) is 0 Å². The second kappa shape index (κ2) is 4.79. The van der Waals surface area contributed by atoms with Crippen molar-refractivity contribution in [1.29, 1.82) is 0 Å². The van der Waals surface area contributed by atoms with Gasteiger partial charge in [0.2, 0.25) is 20.0 Å². The molecule has 4 unspecified atom stereocenters. The van der Waals surface area contributed by atoms with E-state index in [1.807, 2.05) is 0 Å². The van der Waals surface area contributed by atoms with Crippen molar-refractivity contribution in [2.75, 3.05) is 5.32 Å². The average Bonchev–Trinajstić information content (AvgIpc) is 3.07. The van der Waals surface area contributed by atoms with Gasteiger partial charge in [-0.05, 0) is 42.9 Å². The first-order valence-electron chi connectivity index (χ1n) is 7.38. The highest BCUT2D eigenvalue weighted by Crippen LogP contribution is 2.46. The summed E-state index contributed by atoms with van der Waals surface area (Å²) in [5, 5.41) is 8.27. The fourth-order valence-electron chi connectivity index (χ4n) is 3.85. The van der Waals surface area contributed by atoms with Crippen LogP contribution in [0.3, 0.4) is 0 Å². The Labute approximate surface area is 135 Å². The third-order valence-electron chi connectivity index (χ3n) is 4.92. The Morgan fingerprint density at radius 2 is 1.96 bits per heavy atom. The maximum atomic E-state index is 12.5. The molecule has 1 fully saturated rings. The summed E-state index contributed by atoms with van der Waals surface area (Å²) in [4.78, 5) is -0.302. The molecule has 0 saturated heterocycles. The number of hydrogen-bond donors (Lipinski definition) is 3. The first kappa shape index (κ1) is 15.1. The summed E-state index contributed by atoms with van der Waals surface area (Å²) in [6.07, 6.45) is 6.00. The molecule has 1 heterocycles. The van der Waals surface area contributed by atoms with E-state index in [-0.39, 0.29) is 21.9 Å². The lowest BCUT2D eigenvalue weighted by Gasteiger charge is -2.34. The lowest BCUT2D eigenvalue weighted by atomic mass is 9.91. The summed E-state index contributed by atoms with van der Waals surface area (Å²) >= 11 is 0. The van der Waals surface area contributed by atoms with Gasteiger partial charge in [0.1, 0.15) is 4.90 Å². The molecular weight excluding hydrogens is 338 g/mol. The van der Waals surface area contributed by atoms with Gasteiger partial charge in [-0.3, -0.25) is 0 Å². The first-order valence-corrected chi connectivity index (χ1v) is 10.4. The second-order valence-corrected chi connectivity index (χ2v) is 9.63. The van der Waals surface area contributed by atoms with Crippen LogP contribution in [0, 0.1) is 17.8 Å². The summed E-state index contributed by atoms with van der Waals surface area (Å²) in [5.41, 5.74) is 0.410. The third kappa shape index (κ3) is 2.47. The number of nitrogens with two attached hydrogens (primary N) is 1. The lowest BCUT2D eigenvalue weighted by molar-refractivity contribution is 0.363. The molecule has 4 atom stereocenters. The highest BCUT2D eigenvalue weighted by atomic mass is 32.2. The van der Waals surface area contributed by atoms with Crippen molar-refractivity contribution in [2.24, 2.45) is 22.9 Å². The van der Waals surface area contributed by atoms with Crippen molar-refractivity contribution >= 4 is 25.7 Å². The normalized spacial score (nSPS) is 34.1. The number of primary sulfonamides is 1. The van der Waals surface area contributed by atoms with Gasteiger partial charge in [0, 0.05) is 5.92 Å². The molecular formula is C14H17N3O4S2. The first-order chi connectivity index (χ1) is 10.7. The van der Waals surface area contributed by atoms with Crippen LogP contribution < -0.4 is 15.2 Å². The zero-order valence-electron chi connectivity index (χ0n) is 12.1. The Kier molecular flexibility index (Phi) is 3.15. The van der Waals surface area contributed by atoms with Crippen molar-refractivity contribution in [2.45, 2.75) is 28.8 Å². The lowest BCUT2D eigenvalue weighted by Crippen LogP contribution is -2.50. The van der Waals surface area contributed by atoms with Crippen LogP contribution in [0.4, 0.5) is 5.69 Å². The molecule has 9 heteroatoms. The number of sulfonamides is 2. The van der Waals surface area contributed by atoms with E-state index in [2.05, 4.69) is 22.2 Å². The molecule has 0 aromatic heterocycles. The van der Waals surface area contributed by atoms with Crippen molar-refractivity contribution < 1.29 is 16.8 Å². The Hall–Kier alpha value is -1.42. The van der Waals surface area contributed by atoms with Gasteiger partial charge in [0.15, 0.2) is 0 Å². The van der Waals surface area contributed by atoms with E-state index in [1.54, 1.807) is 0 Å². The molecule has 0 spiro atoms. The van der Waals surface area contributed by atoms with Gasteiger partial charge in [0.05, 0.1) is 16.7 Å². The molecule has 0 radical (unpaired) electrons. The van der Waals surface area contributed by atoms with Crippen molar-refractivity contribution in [3.05, 3.63) is 30.4 Å². The largest absolute Gasteiger partial charge is 0.368 e. The van der Waals surface area contributed by atoms with Crippen LogP contribution in [-0.4, -0.2) is 23.0 Å². The number of allylic oxidation sites excluding steroid dienone is 2. The monoisotopic (exact) mass is 355 g/mol. The van der Waals surface area contributed by atoms with Gasteiger partial charge in [-0.25, -0.2) is 22.0 Å². The minimum Gasteiger partial charge on any atom is -0.368 e. The van der Waals surface area contributed by atoms with Crippen LogP contribution in [0.25, 0.3) is 0 Å². The van der Waals surface area contributed by atoms with Crippen molar-refractivity contribution in [1.82, 2.24) is 4.72 Å². The summed E-state index contributed by atoms with van der Waals surface area (Å²) in [7, 11) is -7.74. The topological polar surface area (TPSA) is 118 Å². The van der Waals surface area contributed by atoms with Gasteiger partial charge >= 0.3 is 0 Å². The van der Waals surface area contributed by atoms with E-state index in [0.717, 1.165) is 18.9 Å². The number of anilines is 1. The Bertz CT molecular complexity index is 908. The maximum absolute atomic E-state index is 12.5. The maximum Gasteiger partial charge on any atom is 0.244 e. The molecule has 2 aliphatic carbocycles. The molecule has 1 saturated carbocycles. The van der Waals surface area contributed by atoms with Crippen LogP contribution in [0.15, 0.2) is 40.1 Å². The highest BCUT2D eigenvalue weighted by Gasteiger charge is 2.43. The Morgan fingerprint density at radius 1 is 1.17 bits per heavy atom. The molecule has 124 valence electrons. The summed E-state index contributed by atoms with van der Waals surface area (Å²) < 4.78 is 50.5. The van der Waals surface area contributed by atoms with E-state index >= 15 is 0 Å². The van der Waals surface area contributed by atoms with E-state index in [0.29, 0.717) is 17.5 Å². The van der Waals surface area contributed by atoms with E-state index < -0.39 is 20.0 Å². The molecule has 7 nitrogen and oxygen atoms in total. The number of rotatable bonds is 2. The summed E-state index contributed by atoms with van der Waals surface area (Å²) in [5.74, 6) is 1.11. The van der Waals surface area contributed by atoms with Crippen LogP contribution in [0.2, 0.25) is 0 Å². The predicted molar refractivity (Wildman–Crippen MR) is 84.4 cm³/mol.